The second-order valence-corrected chi connectivity index (χ2v) is 6.86. The van der Waals surface area contributed by atoms with Crippen LogP contribution in [0.25, 0.3) is 5.69 Å². The van der Waals surface area contributed by atoms with Gasteiger partial charge in [-0.25, -0.2) is 4.98 Å². The van der Waals surface area contributed by atoms with Gasteiger partial charge in [0, 0.05) is 23.8 Å². The number of benzene rings is 2. The van der Waals surface area contributed by atoms with Crippen molar-refractivity contribution in [1.29, 1.82) is 0 Å². The number of hydrogen-bond acceptors (Lipinski definition) is 4. The molecule has 2 aromatic carbocycles. The molecule has 152 valence electrons. The molecule has 0 atom stereocenters. The van der Waals surface area contributed by atoms with E-state index >= 15 is 0 Å². The Kier molecular flexibility index (Phi) is 6.48. The first-order valence-electron chi connectivity index (χ1n) is 8.73. The Morgan fingerprint density at radius 2 is 1.97 bits per heavy atom. The number of rotatable bonds is 7. The zero-order valence-electron chi connectivity index (χ0n) is 15.4. The fourth-order valence-corrected chi connectivity index (χ4v) is 3.34. The molecule has 0 radical (unpaired) electrons. The Hall–Kier alpha value is -2.94. The molecule has 0 spiro atoms. The first-order chi connectivity index (χ1) is 13.9. The highest BCUT2D eigenvalue weighted by molar-refractivity contribution is 7.99. The topological polar surface area (TPSA) is 56.2 Å². The molecule has 3 aromatic rings. The van der Waals surface area contributed by atoms with Crippen molar-refractivity contribution in [2.45, 2.75) is 18.3 Å². The van der Waals surface area contributed by atoms with Gasteiger partial charge in [0.25, 0.3) is 0 Å². The molecule has 29 heavy (non-hydrogen) atoms. The van der Waals surface area contributed by atoms with E-state index in [0.29, 0.717) is 11.8 Å². The second kappa shape index (κ2) is 9.04. The predicted molar refractivity (Wildman–Crippen MR) is 106 cm³/mol. The van der Waals surface area contributed by atoms with Crippen molar-refractivity contribution < 1.29 is 22.7 Å². The van der Waals surface area contributed by atoms with Crippen LogP contribution in [0.1, 0.15) is 12.5 Å². The SMILES string of the molecule is CCOc1ccc(-n2ccnc2SCC(=O)Nc2cccc(C(F)(F)F)c2)cc1. The normalized spacial score (nSPS) is 11.3. The lowest BCUT2D eigenvalue weighted by Crippen LogP contribution is -2.15. The molecule has 0 saturated heterocycles. The lowest BCUT2D eigenvalue weighted by molar-refractivity contribution is -0.137. The maximum absolute atomic E-state index is 12.8. The van der Waals surface area contributed by atoms with Crippen LogP contribution in [0, 0.1) is 0 Å². The maximum atomic E-state index is 12.8. The highest BCUT2D eigenvalue weighted by Crippen LogP contribution is 2.30. The summed E-state index contributed by atoms with van der Waals surface area (Å²) in [5.74, 6) is 0.339. The van der Waals surface area contributed by atoms with Crippen molar-refractivity contribution in [2.24, 2.45) is 0 Å². The number of alkyl halides is 3. The standard InChI is InChI=1S/C20H18F3N3O2S/c1-2-28-17-8-6-16(7-9-17)26-11-10-24-19(26)29-13-18(27)25-15-5-3-4-14(12-15)20(21,22)23/h3-12H,2,13H2,1H3,(H,25,27). The van der Waals surface area contributed by atoms with E-state index in [9.17, 15) is 18.0 Å². The van der Waals surface area contributed by atoms with Crippen LogP contribution in [0.3, 0.4) is 0 Å². The summed E-state index contributed by atoms with van der Waals surface area (Å²) in [6.07, 6.45) is -1.08. The van der Waals surface area contributed by atoms with Gasteiger partial charge in [0.05, 0.1) is 17.9 Å². The van der Waals surface area contributed by atoms with E-state index < -0.39 is 17.6 Å². The second-order valence-electron chi connectivity index (χ2n) is 5.92. The summed E-state index contributed by atoms with van der Waals surface area (Å²) in [7, 11) is 0. The predicted octanol–water partition coefficient (Wildman–Crippen LogP) is 5.02. The zero-order valence-corrected chi connectivity index (χ0v) is 16.3. The van der Waals surface area contributed by atoms with E-state index in [4.69, 9.17) is 4.74 Å². The lowest BCUT2D eigenvalue weighted by Gasteiger charge is -2.10. The van der Waals surface area contributed by atoms with Crippen molar-refractivity contribution in [3.8, 4) is 11.4 Å². The van der Waals surface area contributed by atoms with Gasteiger partial charge in [-0.3, -0.25) is 9.36 Å². The van der Waals surface area contributed by atoms with Crippen molar-refractivity contribution in [3.05, 3.63) is 66.5 Å². The van der Waals surface area contributed by atoms with Crippen molar-refractivity contribution in [1.82, 2.24) is 9.55 Å². The van der Waals surface area contributed by atoms with Gasteiger partial charge in [-0.15, -0.1) is 0 Å². The van der Waals surface area contributed by atoms with Crippen molar-refractivity contribution >= 4 is 23.4 Å². The van der Waals surface area contributed by atoms with E-state index in [1.807, 2.05) is 35.8 Å². The number of thioether (sulfide) groups is 1. The number of halogens is 3. The van der Waals surface area contributed by atoms with Crippen LogP contribution in [-0.2, 0) is 11.0 Å². The number of anilines is 1. The highest BCUT2D eigenvalue weighted by atomic mass is 32.2. The number of nitrogens with zero attached hydrogens (tertiary/aromatic N) is 2. The minimum Gasteiger partial charge on any atom is -0.494 e. The van der Waals surface area contributed by atoms with Crippen LogP contribution in [-0.4, -0.2) is 27.8 Å². The van der Waals surface area contributed by atoms with E-state index in [2.05, 4.69) is 10.3 Å². The number of nitrogens with one attached hydrogen (secondary N) is 1. The molecule has 0 aliphatic heterocycles. The quantitative estimate of drug-likeness (QED) is 0.544. The summed E-state index contributed by atoms with van der Waals surface area (Å²) in [4.78, 5) is 16.4. The number of carbonyl (C=O) groups is 1. The molecular formula is C20H18F3N3O2S. The number of carbonyl (C=O) groups excluding carboxylic acids is 1. The molecule has 5 nitrogen and oxygen atoms in total. The van der Waals surface area contributed by atoms with Crippen molar-refractivity contribution in [3.63, 3.8) is 0 Å². The molecule has 0 unspecified atom stereocenters. The maximum Gasteiger partial charge on any atom is 0.416 e. The van der Waals surface area contributed by atoms with Crippen LogP contribution >= 0.6 is 11.8 Å². The Balaban J connectivity index is 1.62. The van der Waals surface area contributed by atoms with Gasteiger partial charge in [0.1, 0.15) is 5.75 Å². The molecule has 9 heteroatoms. The molecule has 1 heterocycles. The van der Waals surface area contributed by atoms with Crippen LogP contribution in [0.2, 0.25) is 0 Å². The third-order valence-corrected chi connectivity index (χ3v) is 4.81. The molecule has 0 aliphatic carbocycles. The minimum atomic E-state index is -4.46. The van der Waals surface area contributed by atoms with Gasteiger partial charge in [-0.05, 0) is 49.4 Å². The number of imidazole rings is 1. The summed E-state index contributed by atoms with van der Waals surface area (Å²) in [6.45, 7) is 2.48. The van der Waals surface area contributed by atoms with E-state index in [1.165, 1.54) is 23.9 Å². The fraction of sp³-hybridized carbons (Fsp3) is 0.200. The molecule has 0 saturated carbocycles. The van der Waals surface area contributed by atoms with Crippen LogP contribution < -0.4 is 10.1 Å². The molecular weight excluding hydrogens is 403 g/mol. The molecule has 3 rings (SSSR count). The lowest BCUT2D eigenvalue weighted by atomic mass is 10.2. The summed E-state index contributed by atoms with van der Waals surface area (Å²) < 4.78 is 45.6. The van der Waals surface area contributed by atoms with Crippen LogP contribution in [0.15, 0.2) is 66.1 Å². The number of hydrogen-bond donors (Lipinski definition) is 1. The van der Waals surface area contributed by atoms with E-state index in [1.54, 1.807) is 12.4 Å². The largest absolute Gasteiger partial charge is 0.494 e. The Labute approximate surface area is 169 Å². The fourth-order valence-electron chi connectivity index (χ4n) is 2.56. The van der Waals surface area contributed by atoms with Gasteiger partial charge in [-0.1, -0.05) is 17.8 Å². The van der Waals surface area contributed by atoms with Gasteiger partial charge >= 0.3 is 6.18 Å². The third kappa shape index (κ3) is 5.54. The smallest absolute Gasteiger partial charge is 0.416 e. The molecule has 0 fully saturated rings. The summed E-state index contributed by atoms with van der Waals surface area (Å²) in [6, 6.07) is 12.0. The molecule has 1 amide bonds. The Morgan fingerprint density at radius 3 is 2.66 bits per heavy atom. The Morgan fingerprint density at radius 1 is 1.21 bits per heavy atom. The molecule has 0 aliphatic rings. The average molecular weight is 421 g/mol. The van der Waals surface area contributed by atoms with E-state index in [-0.39, 0.29) is 11.4 Å². The first-order valence-corrected chi connectivity index (χ1v) is 9.72. The highest BCUT2D eigenvalue weighted by Gasteiger charge is 2.30. The number of aromatic nitrogens is 2. The number of ether oxygens (including phenoxy) is 1. The summed E-state index contributed by atoms with van der Waals surface area (Å²) in [5, 5.41) is 3.08. The molecule has 0 bridgehead atoms. The minimum absolute atomic E-state index is 0.00425. The average Bonchev–Trinajstić information content (AvgIpc) is 3.15. The Bertz CT molecular complexity index is 972. The third-order valence-electron chi connectivity index (χ3n) is 3.84. The van der Waals surface area contributed by atoms with Crippen molar-refractivity contribution in [2.75, 3.05) is 17.7 Å². The van der Waals surface area contributed by atoms with Gasteiger partial charge in [-0.2, -0.15) is 13.2 Å². The van der Waals surface area contributed by atoms with Gasteiger partial charge < -0.3 is 10.1 Å². The monoisotopic (exact) mass is 421 g/mol. The van der Waals surface area contributed by atoms with E-state index in [0.717, 1.165) is 23.6 Å². The van der Waals surface area contributed by atoms with Gasteiger partial charge in [0.2, 0.25) is 5.91 Å². The first kappa shape index (κ1) is 20.8. The number of amides is 1. The molecule has 1 N–H and O–H groups in total. The zero-order chi connectivity index (χ0) is 20.9. The molecule has 1 aromatic heterocycles. The summed E-state index contributed by atoms with van der Waals surface area (Å²) >= 11 is 1.19. The summed E-state index contributed by atoms with van der Waals surface area (Å²) in [5.41, 5.74) is 0.140. The van der Waals surface area contributed by atoms with Gasteiger partial charge in [0.15, 0.2) is 5.16 Å². The van der Waals surface area contributed by atoms with Crippen LogP contribution in [0.5, 0.6) is 5.75 Å². The van der Waals surface area contributed by atoms with Crippen LogP contribution in [0.4, 0.5) is 18.9 Å².